The van der Waals surface area contributed by atoms with Crippen molar-refractivity contribution in [3.8, 4) is 0 Å². The molecule has 0 saturated carbocycles. The van der Waals surface area contributed by atoms with Crippen LogP contribution >= 0.6 is 11.6 Å². The number of halogens is 1. The van der Waals surface area contributed by atoms with E-state index in [2.05, 4.69) is 23.4 Å². The van der Waals surface area contributed by atoms with Gasteiger partial charge in [-0.3, -0.25) is 0 Å². The summed E-state index contributed by atoms with van der Waals surface area (Å²) in [5, 5.41) is 0.755. The predicted octanol–water partition coefficient (Wildman–Crippen LogP) is 4.54. The topological polar surface area (TPSA) is 12.4 Å². The van der Waals surface area contributed by atoms with Crippen molar-refractivity contribution in [2.24, 2.45) is 4.99 Å². The molecule has 1 heterocycles. The molecule has 1 rings (SSSR count). The zero-order valence-corrected chi connectivity index (χ0v) is 10.7. The third kappa shape index (κ3) is 3.37. The molecule has 0 aromatic heterocycles. The molecule has 0 N–H and O–H groups in total. The fourth-order valence-electron chi connectivity index (χ4n) is 1.32. The molecule has 0 fully saturated rings. The van der Waals surface area contributed by atoms with Gasteiger partial charge >= 0.3 is 0 Å². The van der Waals surface area contributed by atoms with Gasteiger partial charge in [-0.05, 0) is 44.9 Å². The summed E-state index contributed by atoms with van der Waals surface area (Å²) in [6.45, 7) is 9.59. The number of hydrogen-bond acceptors (Lipinski definition) is 1. The normalized spacial score (nSPS) is 17.9. The van der Waals surface area contributed by atoms with E-state index in [9.17, 15) is 0 Å². The molecule has 0 spiro atoms. The molecule has 0 unspecified atom stereocenters. The lowest BCUT2D eigenvalue weighted by Gasteiger charge is -2.03. The van der Waals surface area contributed by atoms with Gasteiger partial charge in [0.2, 0.25) is 0 Å². The molecule has 0 saturated heterocycles. The maximum absolute atomic E-state index is 6.13. The number of aliphatic imine (C=N–C) groups is 1. The van der Waals surface area contributed by atoms with Crippen LogP contribution in [0.5, 0.6) is 0 Å². The average molecular weight is 234 g/mol. The highest BCUT2D eigenvalue weighted by Gasteiger charge is 2.06. The van der Waals surface area contributed by atoms with E-state index in [4.69, 9.17) is 11.6 Å². The first-order chi connectivity index (χ1) is 7.54. The van der Waals surface area contributed by atoms with E-state index in [-0.39, 0.29) is 0 Å². The Bertz CT molecular complexity index is 451. The van der Waals surface area contributed by atoms with Crippen LogP contribution in [0.25, 0.3) is 0 Å². The Morgan fingerprint density at radius 1 is 1.56 bits per heavy atom. The molecule has 1 aliphatic heterocycles. The van der Waals surface area contributed by atoms with E-state index in [1.165, 1.54) is 0 Å². The second-order valence-corrected chi connectivity index (χ2v) is 4.31. The van der Waals surface area contributed by atoms with Gasteiger partial charge in [-0.2, -0.15) is 0 Å². The van der Waals surface area contributed by atoms with E-state index in [0.29, 0.717) is 0 Å². The Kier molecular flexibility index (Phi) is 4.54. The quantitative estimate of drug-likeness (QED) is 0.590. The van der Waals surface area contributed by atoms with E-state index >= 15 is 0 Å². The van der Waals surface area contributed by atoms with Gasteiger partial charge in [0.25, 0.3) is 0 Å². The van der Waals surface area contributed by atoms with Crippen molar-refractivity contribution in [3.63, 3.8) is 0 Å². The van der Waals surface area contributed by atoms with Gasteiger partial charge in [0.05, 0.1) is 0 Å². The first kappa shape index (κ1) is 12.8. The van der Waals surface area contributed by atoms with Crippen molar-refractivity contribution >= 4 is 17.3 Å². The summed E-state index contributed by atoms with van der Waals surface area (Å²) in [5.74, 6) is 0. The average Bonchev–Trinajstić information content (AvgIpc) is 2.40. The molecule has 84 valence electrons. The molecule has 0 atom stereocenters. The van der Waals surface area contributed by atoms with Gasteiger partial charge < -0.3 is 0 Å². The zero-order valence-electron chi connectivity index (χ0n) is 9.97. The summed E-state index contributed by atoms with van der Waals surface area (Å²) >= 11 is 6.13. The molecule has 0 aliphatic carbocycles. The Labute approximate surface area is 102 Å². The summed E-state index contributed by atoms with van der Waals surface area (Å²) in [6.07, 6.45) is 6.82. The minimum absolute atomic E-state index is 0.755. The maximum Gasteiger partial charge on any atom is 0.108 e. The third-order valence-corrected chi connectivity index (χ3v) is 2.72. The molecule has 1 nitrogen and oxygen atoms in total. The fraction of sp³-hybridized carbons (Fsp3) is 0.286. The smallest absolute Gasteiger partial charge is 0.108 e. The predicted molar refractivity (Wildman–Crippen MR) is 71.8 cm³/mol. The van der Waals surface area contributed by atoms with Gasteiger partial charge in [-0.25, -0.2) is 4.99 Å². The van der Waals surface area contributed by atoms with Crippen LogP contribution in [0.3, 0.4) is 0 Å². The van der Waals surface area contributed by atoms with E-state index in [1.807, 2.05) is 32.9 Å². The molecular weight excluding hydrogens is 218 g/mol. The summed E-state index contributed by atoms with van der Waals surface area (Å²) in [7, 11) is 0. The lowest BCUT2D eigenvalue weighted by atomic mass is 10.1. The van der Waals surface area contributed by atoms with Gasteiger partial charge in [-0.1, -0.05) is 29.8 Å². The maximum atomic E-state index is 6.13. The number of rotatable bonds is 1. The molecule has 0 amide bonds. The van der Waals surface area contributed by atoms with Crippen LogP contribution in [0.15, 0.2) is 57.4 Å². The summed E-state index contributed by atoms with van der Waals surface area (Å²) < 4.78 is 0. The number of allylic oxidation sites excluding steroid dienone is 6. The van der Waals surface area contributed by atoms with Crippen molar-refractivity contribution in [3.05, 3.63) is 52.4 Å². The molecule has 0 radical (unpaired) electrons. The third-order valence-electron chi connectivity index (χ3n) is 2.24. The Morgan fingerprint density at radius 3 is 2.81 bits per heavy atom. The SMILES string of the molecule is C=C=C1N=C(C)C=CC/C1=C/C(Cl)=C(C)C. The van der Waals surface area contributed by atoms with Crippen LogP contribution in [-0.4, -0.2) is 5.71 Å². The molecule has 0 bridgehead atoms. The molecule has 0 aromatic carbocycles. The van der Waals surface area contributed by atoms with Crippen molar-refractivity contribution < 1.29 is 0 Å². The minimum atomic E-state index is 0.755. The van der Waals surface area contributed by atoms with Crippen molar-refractivity contribution in [2.75, 3.05) is 0 Å². The summed E-state index contributed by atoms with van der Waals surface area (Å²) in [6, 6.07) is 0. The monoisotopic (exact) mass is 233 g/mol. The standard InChI is InChI=1S/C14H16ClN/c1-5-14-12(9-13(15)10(2)3)8-6-7-11(4)16-14/h6-7,9H,1,8H2,2-4H3/b12-9-. The number of hydrogen-bond donors (Lipinski definition) is 0. The van der Waals surface area contributed by atoms with Crippen LogP contribution in [0.1, 0.15) is 27.2 Å². The molecular formula is C14H16ClN. The lowest BCUT2D eigenvalue weighted by molar-refractivity contribution is 1.19. The second-order valence-electron chi connectivity index (χ2n) is 3.90. The Hall–Kier alpha value is -1.30. The van der Waals surface area contributed by atoms with Gasteiger partial charge in [0.15, 0.2) is 0 Å². The Balaban J connectivity index is 3.20. The van der Waals surface area contributed by atoms with Crippen LogP contribution in [0, 0.1) is 0 Å². The van der Waals surface area contributed by atoms with E-state index in [1.54, 1.807) is 0 Å². The summed E-state index contributed by atoms with van der Waals surface area (Å²) in [5.41, 5.74) is 6.74. The highest BCUT2D eigenvalue weighted by atomic mass is 35.5. The van der Waals surface area contributed by atoms with Crippen LogP contribution in [-0.2, 0) is 0 Å². The second kappa shape index (κ2) is 5.69. The van der Waals surface area contributed by atoms with E-state index in [0.717, 1.165) is 34.0 Å². The number of nitrogens with zero attached hydrogens (tertiary/aromatic N) is 1. The molecule has 16 heavy (non-hydrogen) atoms. The zero-order chi connectivity index (χ0) is 12.1. The fourth-order valence-corrected chi connectivity index (χ4v) is 1.45. The van der Waals surface area contributed by atoms with Crippen LogP contribution in [0.2, 0.25) is 0 Å². The molecule has 2 heteroatoms. The van der Waals surface area contributed by atoms with Crippen LogP contribution in [0.4, 0.5) is 0 Å². The first-order valence-corrected chi connectivity index (χ1v) is 5.58. The van der Waals surface area contributed by atoms with E-state index < -0.39 is 0 Å². The van der Waals surface area contributed by atoms with Gasteiger partial charge in [-0.15, -0.1) is 5.73 Å². The highest BCUT2D eigenvalue weighted by molar-refractivity contribution is 6.31. The van der Waals surface area contributed by atoms with Crippen LogP contribution < -0.4 is 0 Å². The Morgan fingerprint density at radius 2 is 2.25 bits per heavy atom. The van der Waals surface area contributed by atoms with Gasteiger partial charge in [0.1, 0.15) is 5.70 Å². The van der Waals surface area contributed by atoms with Gasteiger partial charge in [0, 0.05) is 10.7 Å². The molecule has 0 aromatic rings. The lowest BCUT2D eigenvalue weighted by Crippen LogP contribution is -1.87. The van der Waals surface area contributed by atoms with Crippen molar-refractivity contribution in [2.45, 2.75) is 27.2 Å². The summed E-state index contributed by atoms with van der Waals surface area (Å²) in [4.78, 5) is 4.41. The highest BCUT2D eigenvalue weighted by Crippen LogP contribution is 2.23. The van der Waals surface area contributed by atoms with Crippen molar-refractivity contribution in [1.82, 2.24) is 0 Å². The minimum Gasteiger partial charge on any atom is -0.245 e. The molecule has 1 aliphatic rings. The first-order valence-electron chi connectivity index (χ1n) is 5.20. The largest absolute Gasteiger partial charge is 0.245 e. The van der Waals surface area contributed by atoms with Crippen molar-refractivity contribution in [1.29, 1.82) is 0 Å².